The van der Waals surface area contributed by atoms with Crippen LogP contribution in [0.1, 0.15) is 25.0 Å². The Kier molecular flexibility index (Phi) is 7.01. The van der Waals surface area contributed by atoms with Gasteiger partial charge in [-0.1, -0.05) is 147 Å². The van der Waals surface area contributed by atoms with Crippen molar-refractivity contribution in [2.24, 2.45) is 0 Å². The molecule has 2 nitrogen and oxygen atoms in total. The lowest BCUT2D eigenvalue weighted by atomic mass is 9.81. The van der Waals surface area contributed by atoms with Crippen LogP contribution in [0.3, 0.4) is 0 Å². The van der Waals surface area contributed by atoms with E-state index in [0.29, 0.717) is 0 Å². The van der Waals surface area contributed by atoms with Crippen molar-refractivity contribution >= 4 is 54.1 Å². The molecule has 0 saturated carbocycles. The van der Waals surface area contributed by atoms with Crippen LogP contribution in [0, 0.1) is 0 Å². The lowest BCUT2D eigenvalue weighted by Crippen LogP contribution is -2.15. The highest BCUT2D eigenvalue weighted by atomic mass is 15.0. The zero-order valence-corrected chi connectivity index (χ0v) is 32.4. The Bertz CT molecular complexity index is 3370. The Morgan fingerprint density at radius 3 is 1.38 bits per heavy atom. The molecule has 2 aromatic heterocycles. The van der Waals surface area contributed by atoms with E-state index in [4.69, 9.17) is 0 Å². The van der Waals surface area contributed by atoms with Crippen LogP contribution in [0.5, 0.6) is 0 Å². The molecule has 12 rings (SSSR count). The Morgan fingerprint density at radius 2 is 0.793 bits per heavy atom. The summed E-state index contributed by atoms with van der Waals surface area (Å²) in [4.78, 5) is 4.44. The monoisotopic (exact) mass is 738 g/mol. The minimum atomic E-state index is -0.131. The van der Waals surface area contributed by atoms with Crippen LogP contribution in [0.25, 0.3) is 104 Å². The van der Waals surface area contributed by atoms with Crippen molar-refractivity contribution in [2.75, 3.05) is 0 Å². The maximum atomic E-state index is 4.44. The first-order chi connectivity index (χ1) is 28.5. The average molecular weight is 739 g/mol. The molecule has 1 aliphatic carbocycles. The topological polar surface area (TPSA) is 17.8 Å². The van der Waals surface area contributed by atoms with Gasteiger partial charge in [-0.15, -0.1) is 0 Å². The largest absolute Gasteiger partial charge is 0.309 e. The molecular formula is C56H38N2. The molecule has 2 heteroatoms. The summed E-state index contributed by atoms with van der Waals surface area (Å²) in [6.45, 7) is 4.76. The van der Waals surface area contributed by atoms with E-state index in [-0.39, 0.29) is 5.41 Å². The molecule has 58 heavy (non-hydrogen) atoms. The van der Waals surface area contributed by atoms with Crippen LogP contribution in [0.2, 0.25) is 0 Å². The van der Waals surface area contributed by atoms with Crippen molar-refractivity contribution in [2.45, 2.75) is 19.3 Å². The average Bonchev–Trinajstić information content (AvgIpc) is 3.74. The van der Waals surface area contributed by atoms with Gasteiger partial charge in [0.1, 0.15) is 0 Å². The number of benzene rings is 9. The number of pyridine rings is 1. The first-order valence-corrected chi connectivity index (χ1v) is 20.2. The summed E-state index contributed by atoms with van der Waals surface area (Å²) >= 11 is 0. The van der Waals surface area contributed by atoms with Crippen molar-refractivity contribution in [3.05, 3.63) is 206 Å². The summed E-state index contributed by atoms with van der Waals surface area (Å²) in [7, 11) is 0. The first kappa shape index (κ1) is 32.9. The van der Waals surface area contributed by atoms with E-state index < -0.39 is 0 Å². The van der Waals surface area contributed by atoms with Gasteiger partial charge in [0.15, 0.2) is 0 Å². The zero-order valence-electron chi connectivity index (χ0n) is 32.4. The van der Waals surface area contributed by atoms with Gasteiger partial charge in [-0.2, -0.15) is 0 Å². The third-order valence-corrected chi connectivity index (χ3v) is 12.9. The molecule has 0 aliphatic heterocycles. The lowest BCUT2D eigenvalue weighted by molar-refractivity contribution is 0.661. The molecule has 0 atom stereocenters. The fraction of sp³-hybridized carbons (Fsp3) is 0.0536. The predicted octanol–water partition coefficient (Wildman–Crippen LogP) is 14.9. The van der Waals surface area contributed by atoms with Gasteiger partial charge in [0.2, 0.25) is 0 Å². The van der Waals surface area contributed by atoms with Gasteiger partial charge in [-0.05, 0) is 131 Å². The standard InChI is InChI=1S/C56H38N2/c1-56(2)52-32-39(36-17-15-35(16-18-36)38-21-26-44-45-29-30-57-34-51(45)43-10-4-3-9-42(43)50(44)31-38)22-27-46(52)47-28-23-40(33-53(47)56)37-19-24-41(25-20-37)58-54-13-7-5-11-48(54)49-12-6-8-14-55(49)58/h3-34H,1-2H3. The van der Waals surface area contributed by atoms with Crippen LogP contribution in [-0.2, 0) is 5.41 Å². The lowest BCUT2D eigenvalue weighted by Gasteiger charge is -2.22. The summed E-state index contributed by atoms with van der Waals surface area (Å²) in [5.74, 6) is 0. The molecule has 0 unspecified atom stereocenters. The number of aromatic nitrogens is 2. The van der Waals surface area contributed by atoms with Crippen molar-refractivity contribution in [1.82, 2.24) is 9.55 Å². The number of hydrogen-bond acceptors (Lipinski definition) is 1. The van der Waals surface area contributed by atoms with E-state index in [0.717, 1.165) is 0 Å². The maximum absolute atomic E-state index is 4.44. The third-order valence-electron chi connectivity index (χ3n) is 12.9. The normalized spacial score (nSPS) is 13.1. The highest BCUT2D eigenvalue weighted by Gasteiger charge is 2.36. The van der Waals surface area contributed by atoms with Crippen LogP contribution in [0.4, 0.5) is 0 Å². The van der Waals surface area contributed by atoms with E-state index in [2.05, 4.69) is 205 Å². The molecule has 0 bridgehead atoms. The van der Waals surface area contributed by atoms with Gasteiger partial charge in [-0.25, -0.2) is 0 Å². The molecule has 1 aliphatic rings. The Morgan fingerprint density at radius 1 is 0.362 bits per heavy atom. The number of para-hydroxylation sites is 2. The molecular weight excluding hydrogens is 701 g/mol. The molecule has 0 saturated heterocycles. The third kappa shape index (κ3) is 4.82. The Hall–Kier alpha value is -7.29. The zero-order chi connectivity index (χ0) is 38.5. The van der Waals surface area contributed by atoms with Crippen LogP contribution in [-0.4, -0.2) is 9.55 Å². The maximum Gasteiger partial charge on any atom is 0.0541 e. The summed E-state index contributed by atoms with van der Waals surface area (Å²) < 4.78 is 2.38. The van der Waals surface area contributed by atoms with Gasteiger partial charge in [0.05, 0.1) is 11.0 Å². The molecule has 9 aromatic carbocycles. The highest BCUT2D eigenvalue weighted by Crippen LogP contribution is 2.51. The van der Waals surface area contributed by atoms with Gasteiger partial charge >= 0.3 is 0 Å². The van der Waals surface area contributed by atoms with Crippen LogP contribution in [0.15, 0.2) is 194 Å². The second-order valence-electron chi connectivity index (χ2n) is 16.4. The van der Waals surface area contributed by atoms with E-state index in [1.54, 1.807) is 0 Å². The number of rotatable bonds is 4. The van der Waals surface area contributed by atoms with Crippen molar-refractivity contribution in [1.29, 1.82) is 0 Å². The van der Waals surface area contributed by atoms with Crippen molar-refractivity contribution in [3.8, 4) is 50.2 Å². The Balaban J connectivity index is 0.853. The molecule has 272 valence electrons. The highest BCUT2D eigenvalue weighted by molar-refractivity contribution is 6.25. The summed E-state index contributed by atoms with van der Waals surface area (Å²) in [6, 6.07) is 67.4. The van der Waals surface area contributed by atoms with Crippen molar-refractivity contribution < 1.29 is 0 Å². The SMILES string of the molecule is CC1(C)c2cc(-c3ccc(-c4ccc5c6ccncc6c6ccccc6c5c4)cc3)ccc2-c2ccc(-c3ccc(-n4c5ccccc5c5ccccc54)cc3)cc21. The second-order valence-corrected chi connectivity index (χ2v) is 16.4. The van der Waals surface area contributed by atoms with E-state index in [1.807, 2.05) is 12.4 Å². The molecule has 0 radical (unpaired) electrons. The molecule has 2 heterocycles. The number of hydrogen-bond donors (Lipinski definition) is 0. The molecule has 0 spiro atoms. The van der Waals surface area contributed by atoms with Gasteiger partial charge in [0.25, 0.3) is 0 Å². The van der Waals surface area contributed by atoms with Gasteiger partial charge in [-0.3, -0.25) is 4.98 Å². The molecule has 11 aromatic rings. The van der Waals surface area contributed by atoms with Crippen molar-refractivity contribution in [3.63, 3.8) is 0 Å². The molecule has 0 N–H and O–H groups in total. The fourth-order valence-corrected chi connectivity index (χ4v) is 9.93. The fourth-order valence-electron chi connectivity index (χ4n) is 9.93. The van der Waals surface area contributed by atoms with Gasteiger partial charge < -0.3 is 4.57 Å². The van der Waals surface area contributed by atoms with Crippen LogP contribution < -0.4 is 0 Å². The summed E-state index contributed by atoms with van der Waals surface area (Å²) in [6.07, 6.45) is 3.89. The smallest absolute Gasteiger partial charge is 0.0541 e. The summed E-state index contributed by atoms with van der Waals surface area (Å²) in [5, 5.41) is 10.1. The molecule has 0 fully saturated rings. The quantitative estimate of drug-likeness (QED) is 0.164. The van der Waals surface area contributed by atoms with E-state index >= 15 is 0 Å². The first-order valence-electron chi connectivity index (χ1n) is 20.2. The number of fused-ring (bicyclic) bond motifs is 12. The minimum Gasteiger partial charge on any atom is -0.309 e. The predicted molar refractivity (Wildman–Crippen MR) is 245 cm³/mol. The van der Waals surface area contributed by atoms with E-state index in [9.17, 15) is 0 Å². The molecule has 0 amide bonds. The Labute approximate surface area is 337 Å². The van der Waals surface area contributed by atoms with Gasteiger partial charge in [0, 0.05) is 39.7 Å². The minimum absolute atomic E-state index is 0.131. The number of nitrogens with zero attached hydrogens (tertiary/aromatic N) is 2. The van der Waals surface area contributed by atoms with E-state index in [1.165, 1.54) is 115 Å². The van der Waals surface area contributed by atoms with Crippen LogP contribution >= 0.6 is 0 Å². The second kappa shape index (κ2) is 12.4. The summed E-state index contributed by atoms with van der Waals surface area (Å²) in [5.41, 5.74) is 16.3.